The quantitative estimate of drug-likeness (QED) is 0.0542. The molecule has 0 saturated carbocycles. The Balaban J connectivity index is 0.000000267. The minimum absolute atomic E-state index is 0. The highest BCUT2D eigenvalue weighted by atomic mass is 16.6. The zero-order valence-electron chi connectivity index (χ0n) is 53.9. The first kappa shape index (κ1) is 73.6. The molecule has 0 aliphatic carbocycles. The van der Waals surface area contributed by atoms with Gasteiger partial charge in [-0.25, -0.2) is 0 Å². The number of epoxide rings is 5. The predicted octanol–water partition coefficient (Wildman–Crippen LogP) is 16.1. The number of benzene rings is 7. The molecule has 7 aromatic rings. The van der Waals surface area contributed by atoms with Crippen molar-refractivity contribution in [1.82, 2.24) is 0 Å². The third-order valence-electron chi connectivity index (χ3n) is 14.6. The molecule has 0 amide bonds. The molecule has 13 nitrogen and oxygen atoms in total. The van der Waals surface area contributed by atoms with Gasteiger partial charge < -0.3 is 61.9 Å². The topological polar surface area (TPSA) is 147 Å². The molecule has 490 valence electrons. The first-order chi connectivity index (χ1) is 42.6. The number of hydrogen-bond donors (Lipinski definition) is 1. The standard InChI is InChI=1S/C39H44O7.3C10H12O2.2C3H8.2CH4/c1-38(2,29-9-17-34(18-10-29)43-23-36-25-45-36)27-5-13-32(14-6-27)41-21-31(40)22-42-33-15-7-28(8-16-33)39(3,4)30-11-19-35(20-12-30)44-24-37-26-46-37;3*1-8-4-2-3-5-10(8)12-7-9-6-11-9;2*1-3-2;;/h5-20,31,36-37,40H,21-26H2,1-4H3;3*2-5,9H,6-7H2,1H3;2*3H2,1-2H3;2*1H4. The summed E-state index contributed by atoms with van der Waals surface area (Å²) in [4.78, 5) is 0. The summed E-state index contributed by atoms with van der Waals surface area (Å²) in [5.41, 5.74) is 7.87. The van der Waals surface area contributed by atoms with Gasteiger partial charge in [0.05, 0.1) is 33.0 Å². The van der Waals surface area contributed by atoms with Crippen LogP contribution in [0.4, 0.5) is 0 Å². The summed E-state index contributed by atoms with van der Waals surface area (Å²) in [6.45, 7) is 31.1. The van der Waals surface area contributed by atoms with Crippen LogP contribution in [0.5, 0.6) is 40.2 Å². The van der Waals surface area contributed by atoms with E-state index in [4.69, 9.17) is 56.8 Å². The summed E-state index contributed by atoms with van der Waals surface area (Å²) in [5, 5.41) is 10.5. The lowest BCUT2D eigenvalue weighted by Crippen LogP contribution is -2.25. The highest BCUT2D eigenvalue weighted by Gasteiger charge is 2.28. The maximum absolute atomic E-state index is 10.5. The molecule has 1 N–H and O–H groups in total. The SMILES string of the molecule is C.C.CC(C)(c1ccc(OCC(O)COc2ccc(C(C)(C)c3ccc(OCC4CO4)cc3)cc2)cc1)c1ccc(OCC2CO2)cc1.CCC.CCC.Cc1ccccc1OCC1CO1.Cc1ccccc1OCC1CO1.Cc1ccccc1OCC1CO1. The first-order valence-corrected chi connectivity index (χ1v) is 31.3. The van der Waals surface area contributed by atoms with Crippen LogP contribution in [0.2, 0.25) is 0 Å². The van der Waals surface area contributed by atoms with Crippen LogP contribution < -0.4 is 33.2 Å². The Bertz CT molecular complexity index is 2790. The zero-order chi connectivity index (χ0) is 62.7. The second-order valence-electron chi connectivity index (χ2n) is 23.7. The third-order valence-corrected chi connectivity index (χ3v) is 14.6. The van der Waals surface area contributed by atoms with Crippen LogP contribution in [0, 0.1) is 20.8 Å². The maximum Gasteiger partial charge on any atom is 0.122 e. The van der Waals surface area contributed by atoms with E-state index in [1.165, 1.54) is 51.8 Å². The average molecular weight is 1240 g/mol. The molecular weight excluding hydrogens is 1130 g/mol. The van der Waals surface area contributed by atoms with Gasteiger partial charge >= 0.3 is 0 Å². The predicted molar refractivity (Wildman–Crippen MR) is 362 cm³/mol. The highest BCUT2D eigenvalue weighted by Crippen LogP contribution is 2.35. The Hall–Kier alpha value is -7.10. The first-order valence-electron chi connectivity index (χ1n) is 31.3. The lowest BCUT2D eigenvalue weighted by Gasteiger charge is -2.26. The van der Waals surface area contributed by atoms with E-state index in [-0.39, 0.29) is 51.1 Å². The van der Waals surface area contributed by atoms with Gasteiger partial charge in [-0.15, -0.1) is 0 Å². The van der Waals surface area contributed by atoms with Crippen LogP contribution >= 0.6 is 0 Å². The third kappa shape index (κ3) is 26.4. The number of aryl methyl sites for hydroxylation is 3. The van der Waals surface area contributed by atoms with Crippen molar-refractivity contribution in [3.8, 4) is 40.2 Å². The molecule has 5 saturated heterocycles. The summed E-state index contributed by atoms with van der Waals surface area (Å²) in [7, 11) is 0. The van der Waals surface area contributed by atoms with E-state index < -0.39 is 6.10 Å². The van der Waals surface area contributed by atoms with Crippen molar-refractivity contribution in [3.05, 3.63) is 209 Å². The molecule has 12 rings (SSSR count). The fraction of sp³-hybridized carbons (Fsp3) is 0.455. The Labute approximate surface area is 539 Å². The smallest absolute Gasteiger partial charge is 0.122 e. The molecule has 5 heterocycles. The van der Waals surface area contributed by atoms with Crippen molar-refractivity contribution in [1.29, 1.82) is 0 Å². The van der Waals surface area contributed by atoms with Gasteiger partial charge in [-0.05, 0) is 126 Å². The molecule has 5 aliphatic heterocycles. The monoisotopic (exact) mass is 1240 g/mol. The molecular formula is C77H104O13. The number of hydrogen-bond acceptors (Lipinski definition) is 13. The van der Waals surface area contributed by atoms with Gasteiger partial charge in [0.2, 0.25) is 0 Å². The second kappa shape index (κ2) is 37.9. The molecule has 90 heavy (non-hydrogen) atoms. The van der Waals surface area contributed by atoms with E-state index in [9.17, 15) is 5.11 Å². The van der Waals surface area contributed by atoms with Crippen LogP contribution in [0.15, 0.2) is 170 Å². The van der Waals surface area contributed by atoms with Gasteiger partial charge in [-0.2, -0.15) is 0 Å². The van der Waals surface area contributed by atoms with E-state index in [1.807, 2.05) is 142 Å². The Kier molecular flexibility index (Phi) is 31.0. The van der Waals surface area contributed by atoms with Crippen LogP contribution in [-0.2, 0) is 34.5 Å². The van der Waals surface area contributed by atoms with Crippen LogP contribution in [-0.4, -0.2) is 121 Å². The molecule has 0 aromatic heterocycles. The van der Waals surface area contributed by atoms with Crippen molar-refractivity contribution in [3.63, 3.8) is 0 Å². The van der Waals surface area contributed by atoms with E-state index in [1.54, 1.807) is 0 Å². The molecule has 7 aromatic carbocycles. The molecule has 5 fully saturated rings. The van der Waals surface area contributed by atoms with Crippen LogP contribution in [0.25, 0.3) is 0 Å². The summed E-state index contributed by atoms with van der Waals surface area (Å²) < 4.78 is 65.5. The van der Waals surface area contributed by atoms with Gasteiger partial charge in [0, 0.05) is 10.8 Å². The van der Waals surface area contributed by atoms with E-state index in [2.05, 4.69) is 104 Å². The van der Waals surface area contributed by atoms with Crippen molar-refractivity contribution < 1.29 is 61.9 Å². The minimum atomic E-state index is -0.772. The Morgan fingerprint density at radius 3 is 0.756 bits per heavy atom. The van der Waals surface area contributed by atoms with Crippen molar-refractivity contribution in [2.24, 2.45) is 0 Å². The van der Waals surface area contributed by atoms with Gasteiger partial charge in [-0.1, -0.05) is 186 Å². The second-order valence-corrected chi connectivity index (χ2v) is 23.7. The largest absolute Gasteiger partial charge is 0.491 e. The summed E-state index contributed by atoms with van der Waals surface area (Å²) in [6.07, 6.45) is 3.22. The summed E-state index contributed by atoms with van der Waals surface area (Å²) in [6, 6.07) is 56.6. The normalized spacial score (nSPS) is 17.8. The molecule has 0 bridgehead atoms. The molecule has 5 atom stereocenters. The number of rotatable bonds is 25. The molecule has 0 spiro atoms. The van der Waals surface area contributed by atoms with Crippen molar-refractivity contribution >= 4 is 0 Å². The lowest BCUT2D eigenvalue weighted by molar-refractivity contribution is 0.0626. The van der Waals surface area contributed by atoms with Crippen molar-refractivity contribution in [2.75, 3.05) is 79.3 Å². The maximum atomic E-state index is 10.5. The minimum Gasteiger partial charge on any atom is -0.491 e. The fourth-order valence-electron chi connectivity index (χ4n) is 8.54. The Morgan fingerprint density at radius 2 is 0.544 bits per heavy atom. The zero-order valence-corrected chi connectivity index (χ0v) is 53.9. The number of para-hydroxylation sites is 3. The molecule has 0 radical (unpaired) electrons. The van der Waals surface area contributed by atoms with E-state index in [0.29, 0.717) is 62.8 Å². The van der Waals surface area contributed by atoms with E-state index >= 15 is 0 Å². The van der Waals surface area contributed by atoms with E-state index in [0.717, 1.165) is 61.8 Å². The number of aliphatic hydroxyl groups is 1. The van der Waals surface area contributed by atoms with Crippen LogP contribution in [0.1, 0.15) is 122 Å². The lowest BCUT2D eigenvalue weighted by atomic mass is 9.78. The number of aliphatic hydroxyl groups excluding tert-OH is 1. The average Bonchev–Trinajstić information content (AvgIpc) is 2.09. The van der Waals surface area contributed by atoms with Gasteiger partial charge in [0.1, 0.15) is 123 Å². The fourth-order valence-corrected chi connectivity index (χ4v) is 8.54. The highest BCUT2D eigenvalue weighted by molar-refractivity contribution is 5.44. The van der Waals surface area contributed by atoms with Gasteiger partial charge in [0.25, 0.3) is 0 Å². The molecule has 5 unspecified atom stereocenters. The molecule has 13 heteroatoms. The summed E-state index contributed by atoms with van der Waals surface area (Å²) in [5.74, 6) is 6.01. The van der Waals surface area contributed by atoms with Crippen LogP contribution in [0.3, 0.4) is 0 Å². The Morgan fingerprint density at radius 1 is 0.344 bits per heavy atom. The van der Waals surface area contributed by atoms with Crippen molar-refractivity contribution in [2.45, 2.75) is 151 Å². The summed E-state index contributed by atoms with van der Waals surface area (Å²) >= 11 is 0. The molecule has 5 aliphatic rings. The van der Waals surface area contributed by atoms with Gasteiger partial charge in [-0.3, -0.25) is 0 Å². The number of ether oxygens (including phenoxy) is 12. The van der Waals surface area contributed by atoms with Gasteiger partial charge in [0.15, 0.2) is 0 Å².